The van der Waals surface area contributed by atoms with Gasteiger partial charge in [-0.3, -0.25) is 9.59 Å². The number of ether oxygens (including phenoxy) is 3. The summed E-state index contributed by atoms with van der Waals surface area (Å²) in [4.78, 5) is 28.3. The van der Waals surface area contributed by atoms with Crippen LogP contribution in [0.2, 0.25) is 0 Å². The maximum atomic E-state index is 13.4. The number of rotatable bonds is 6. The molecule has 2 amide bonds. The zero-order valence-corrected chi connectivity index (χ0v) is 17.4. The van der Waals surface area contributed by atoms with Crippen LogP contribution in [0.3, 0.4) is 0 Å². The van der Waals surface area contributed by atoms with E-state index in [0.717, 1.165) is 11.3 Å². The minimum Gasteiger partial charge on any atom is -0.497 e. The van der Waals surface area contributed by atoms with Gasteiger partial charge in [0.2, 0.25) is 11.8 Å². The Balaban J connectivity index is 1.37. The number of methoxy groups -OCH3 is 2. The highest BCUT2D eigenvalue weighted by Crippen LogP contribution is 2.52. The summed E-state index contributed by atoms with van der Waals surface area (Å²) in [6, 6.07) is 14.9. The van der Waals surface area contributed by atoms with Crippen molar-refractivity contribution in [3.8, 4) is 11.5 Å². The van der Waals surface area contributed by atoms with Crippen molar-refractivity contribution in [2.75, 3.05) is 25.7 Å². The lowest BCUT2D eigenvalue weighted by molar-refractivity contribution is -0.132. The van der Waals surface area contributed by atoms with E-state index in [-0.39, 0.29) is 17.9 Å². The molecule has 3 aliphatic heterocycles. The number of carbonyl (C=O) groups excluding carboxylic acids is 2. The maximum Gasteiger partial charge on any atom is 0.234 e. The molecule has 2 aromatic rings. The fourth-order valence-corrected chi connectivity index (χ4v) is 4.94. The lowest BCUT2D eigenvalue weighted by Crippen LogP contribution is -2.44. The highest BCUT2D eigenvalue weighted by Gasteiger charge is 2.67. The lowest BCUT2D eigenvalue weighted by atomic mass is 9.77. The standard InChI is InChI=1S/C24H24N2O5/c1-29-17-8-5-7-16(12-17)26-14-24-11-10-19(31-24)20(21(24)23(26)28)22(27)25-13-15-6-3-4-9-18(15)30-2/h3-12,19-21H,13-14H2,1-2H3,(H,25,27)/t19-,20?,21?,24?/m1/s1. The average Bonchev–Trinajstić information content (AvgIpc) is 3.46. The van der Waals surface area contributed by atoms with Crippen molar-refractivity contribution >= 4 is 17.5 Å². The van der Waals surface area contributed by atoms with E-state index in [4.69, 9.17) is 14.2 Å². The summed E-state index contributed by atoms with van der Waals surface area (Å²) < 4.78 is 16.9. The van der Waals surface area contributed by atoms with Gasteiger partial charge in [0.05, 0.1) is 38.7 Å². The number of nitrogens with one attached hydrogen (secondary N) is 1. The Morgan fingerprint density at radius 3 is 2.84 bits per heavy atom. The zero-order valence-electron chi connectivity index (χ0n) is 17.4. The van der Waals surface area contributed by atoms with Crippen LogP contribution >= 0.6 is 0 Å². The third kappa shape index (κ3) is 3.08. The molecule has 7 heteroatoms. The molecule has 1 spiro atoms. The number of amides is 2. The van der Waals surface area contributed by atoms with Crippen molar-refractivity contribution in [3.05, 3.63) is 66.2 Å². The summed E-state index contributed by atoms with van der Waals surface area (Å²) in [6.45, 7) is 0.705. The summed E-state index contributed by atoms with van der Waals surface area (Å²) in [5.41, 5.74) is 0.849. The second-order valence-electron chi connectivity index (χ2n) is 8.06. The van der Waals surface area contributed by atoms with E-state index in [2.05, 4.69) is 5.32 Å². The smallest absolute Gasteiger partial charge is 0.234 e. The fraction of sp³-hybridized carbons (Fsp3) is 0.333. The molecule has 0 radical (unpaired) electrons. The van der Waals surface area contributed by atoms with Gasteiger partial charge in [0.15, 0.2) is 0 Å². The summed E-state index contributed by atoms with van der Waals surface area (Å²) in [7, 11) is 3.19. The minimum atomic E-state index is -0.767. The molecule has 2 fully saturated rings. The summed E-state index contributed by atoms with van der Waals surface area (Å²) in [5.74, 6) is -0.0177. The molecular formula is C24H24N2O5. The number of para-hydroxylation sites is 1. The molecular weight excluding hydrogens is 396 g/mol. The SMILES string of the molecule is COc1cccc(N2CC34C=C[C@@H](O3)C(C(=O)NCc3ccccc3OC)C4C2=O)c1. The van der Waals surface area contributed by atoms with Crippen molar-refractivity contribution in [1.29, 1.82) is 0 Å². The van der Waals surface area contributed by atoms with Crippen LogP contribution in [0.5, 0.6) is 11.5 Å². The number of benzene rings is 2. The summed E-state index contributed by atoms with van der Waals surface area (Å²) >= 11 is 0. The van der Waals surface area contributed by atoms with Gasteiger partial charge in [-0.2, -0.15) is 0 Å². The van der Waals surface area contributed by atoms with Gasteiger partial charge in [-0.1, -0.05) is 36.4 Å². The van der Waals surface area contributed by atoms with Gasteiger partial charge in [0.1, 0.15) is 17.1 Å². The Labute approximate surface area is 180 Å². The molecule has 1 N–H and O–H groups in total. The Hall–Kier alpha value is -3.32. The lowest BCUT2D eigenvalue weighted by Gasteiger charge is -2.23. The van der Waals surface area contributed by atoms with Gasteiger partial charge in [-0.05, 0) is 18.2 Å². The average molecular weight is 420 g/mol. The van der Waals surface area contributed by atoms with Gasteiger partial charge in [-0.15, -0.1) is 0 Å². The van der Waals surface area contributed by atoms with E-state index in [1.165, 1.54) is 0 Å². The number of anilines is 1. The van der Waals surface area contributed by atoms with Crippen LogP contribution in [0, 0.1) is 11.8 Å². The fourth-order valence-electron chi connectivity index (χ4n) is 4.94. The Morgan fingerprint density at radius 2 is 2.03 bits per heavy atom. The van der Waals surface area contributed by atoms with Crippen LogP contribution in [0.1, 0.15) is 5.56 Å². The number of hydrogen-bond acceptors (Lipinski definition) is 5. The normalized spacial score (nSPS) is 28.0. The van der Waals surface area contributed by atoms with E-state index >= 15 is 0 Å². The molecule has 7 nitrogen and oxygen atoms in total. The van der Waals surface area contributed by atoms with Gasteiger partial charge in [0, 0.05) is 23.9 Å². The van der Waals surface area contributed by atoms with E-state index in [1.807, 2.05) is 60.7 Å². The van der Waals surface area contributed by atoms with E-state index < -0.39 is 17.4 Å². The van der Waals surface area contributed by atoms with Gasteiger partial charge >= 0.3 is 0 Å². The third-order valence-electron chi connectivity index (χ3n) is 6.41. The molecule has 3 unspecified atom stereocenters. The monoisotopic (exact) mass is 420 g/mol. The van der Waals surface area contributed by atoms with Crippen LogP contribution in [0.25, 0.3) is 0 Å². The second kappa shape index (κ2) is 7.42. The van der Waals surface area contributed by atoms with Crippen LogP contribution in [0.15, 0.2) is 60.7 Å². The first-order chi connectivity index (χ1) is 15.1. The van der Waals surface area contributed by atoms with Crippen LogP contribution < -0.4 is 19.7 Å². The molecule has 3 aliphatic rings. The van der Waals surface area contributed by atoms with Crippen LogP contribution in [-0.2, 0) is 20.9 Å². The molecule has 3 heterocycles. The topological polar surface area (TPSA) is 77.1 Å². The summed E-state index contributed by atoms with van der Waals surface area (Å²) in [5, 5.41) is 2.98. The largest absolute Gasteiger partial charge is 0.497 e. The number of fused-ring (bicyclic) bond motifs is 1. The van der Waals surface area contributed by atoms with Crippen molar-refractivity contribution in [2.45, 2.75) is 18.2 Å². The van der Waals surface area contributed by atoms with Gasteiger partial charge in [0.25, 0.3) is 0 Å². The number of hydrogen-bond donors (Lipinski definition) is 1. The molecule has 2 aromatic carbocycles. The second-order valence-corrected chi connectivity index (χ2v) is 8.06. The van der Waals surface area contributed by atoms with Crippen molar-refractivity contribution in [2.24, 2.45) is 11.8 Å². The summed E-state index contributed by atoms with van der Waals surface area (Å²) in [6.07, 6.45) is 3.47. The molecule has 2 saturated heterocycles. The molecule has 0 saturated carbocycles. The van der Waals surface area contributed by atoms with Crippen LogP contribution in [0.4, 0.5) is 5.69 Å². The maximum absolute atomic E-state index is 13.4. The van der Waals surface area contributed by atoms with Gasteiger partial charge in [-0.25, -0.2) is 0 Å². The Morgan fingerprint density at radius 1 is 1.19 bits per heavy atom. The molecule has 31 heavy (non-hydrogen) atoms. The highest BCUT2D eigenvalue weighted by atomic mass is 16.5. The Bertz CT molecular complexity index is 1070. The highest BCUT2D eigenvalue weighted by molar-refractivity contribution is 6.03. The van der Waals surface area contributed by atoms with E-state index in [0.29, 0.717) is 24.6 Å². The molecule has 0 aromatic heterocycles. The van der Waals surface area contributed by atoms with Crippen molar-refractivity contribution < 1.29 is 23.8 Å². The number of carbonyl (C=O) groups is 2. The molecule has 0 aliphatic carbocycles. The Kier molecular flexibility index (Phi) is 4.70. The van der Waals surface area contributed by atoms with Gasteiger partial charge < -0.3 is 24.4 Å². The predicted molar refractivity (Wildman–Crippen MR) is 114 cm³/mol. The third-order valence-corrected chi connectivity index (χ3v) is 6.41. The first-order valence-electron chi connectivity index (χ1n) is 10.3. The quantitative estimate of drug-likeness (QED) is 0.726. The number of nitrogens with zero attached hydrogens (tertiary/aromatic N) is 1. The first kappa shape index (κ1) is 19.6. The van der Waals surface area contributed by atoms with Crippen molar-refractivity contribution in [3.63, 3.8) is 0 Å². The molecule has 2 bridgehead atoms. The zero-order chi connectivity index (χ0) is 21.6. The van der Waals surface area contributed by atoms with Crippen molar-refractivity contribution in [1.82, 2.24) is 5.32 Å². The molecule has 4 atom stereocenters. The molecule has 160 valence electrons. The predicted octanol–water partition coefficient (Wildman–Crippen LogP) is 2.31. The molecule has 5 rings (SSSR count). The minimum absolute atomic E-state index is 0.0995. The van der Waals surface area contributed by atoms with E-state index in [9.17, 15) is 9.59 Å². The van der Waals surface area contributed by atoms with Crippen LogP contribution in [-0.4, -0.2) is 44.3 Å². The van der Waals surface area contributed by atoms with E-state index in [1.54, 1.807) is 19.1 Å². The first-order valence-corrected chi connectivity index (χ1v) is 10.3.